The Morgan fingerprint density at radius 3 is 3.15 bits per heavy atom. The van der Waals surface area contributed by atoms with Gasteiger partial charge in [-0.25, -0.2) is 9.78 Å². The third-order valence-electron chi connectivity index (χ3n) is 3.29. The van der Waals surface area contributed by atoms with E-state index in [0.29, 0.717) is 18.2 Å². The molecule has 1 atom stereocenters. The van der Waals surface area contributed by atoms with Crippen molar-refractivity contribution in [1.29, 1.82) is 0 Å². The number of nitrogens with zero attached hydrogens (tertiary/aromatic N) is 2. The number of anilines is 1. The van der Waals surface area contributed by atoms with Crippen LogP contribution in [0.1, 0.15) is 6.42 Å². The zero-order valence-electron chi connectivity index (χ0n) is 11.3. The van der Waals surface area contributed by atoms with Gasteiger partial charge in [0.05, 0.1) is 11.9 Å². The Morgan fingerprint density at radius 2 is 2.45 bits per heavy atom. The monoisotopic (exact) mass is 278 g/mol. The van der Waals surface area contributed by atoms with E-state index in [1.807, 2.05) is 6.08 Å². The first-order valence-corrected chi connectivity index (χ1v) is 6.67. The standard InChI is InChI=1S/C14H19FN4O/c1-2-6-19-7-5-11(10-19)8-17-14(20)18-12-3-4-13(15)16-9-12/h2-4,9,11H,1,5-8,10H2,(H2,17,18,20). The minimum atomic E-state index is -0.566. The number of likely N-dealkylation sites (tertiary alicyclic amines) is 1. The van der Waals surface area contributed by atoms with Crippen LogP contribution in [0.5, 0.6) is 0 Å². The van der Waals surface area contributed by atoms with Gasteiger partial charge in [-0.05, 0) is 31.0 Å². The van der Waals surface area contributed by atoms with Crippen LogP contribution in [-0.2, 0) is 0 Å². The van der Waals surface area contributed by atoms with Gasteiger partial charge in [-0.2, -0.15) is 4.39 Å². The molecule has 1 saturated heterocycles. The highest BCUT2D eigenvalue weighted by Gasteiger charge is 2.21. The van der Waals surface area contributed by atoms with Crippen molar-refractivity contribution in [2.24, 2.45) is 5.92 Å². The van der Waals surface area contributed by atoms with E-state index in [2.05, 4.69) is 27.1 Å². The molecule has 108 valence electrons. The number of pyridine rings is 1. The molecule has 20 heavy (non-hydrogen) atoms. The molecule has 1 fully saturated rings. The van der Waals surface area contributed by atoms with Crippen molar-refractivity contribution in [3.05, 3.63) is 36.9 Å². The summed E-state index contributed by atoms with van der Waals surface area (Å²) in [6.45, 7) is 7.27. The summed E-state index contributed by atoms with van der Waals surface area (Å²) in [5.41, 5.74) is 0.476. The molecule has 6 heteroatoms. The summed E-state index contributed by atoms with van der Waals surface area (Å²) in [5.74, 6) is -0.101. The van der Waals surface area contributed by atoms with Crippen LogP contribution in [0.15, 0.2) is 31.0 Å². The number of aromatic nitrogens is 1. The highest BCUT2D eigenvalue weighted by atomic mass is 19.1. The molecule has 2 amide bonds. The zero-order chi connectivity index (χ0) is 14.4. The number of hydrogen-bond acceptors (Lipinski definition) is 3. The van der Waals surface area contributed by atoms with Crippen LogP contribution >= 0.6 is 0 Å². The molecule has 0 spiro atoms. The summed E-state index contributed by atoms with van der Waals surface area (Å²) >= 11 is 0. The lowest BCUT2D eigenvalue weighted by Crippen LogP contribution is -2.34. The van der Waals surface area contributed by atoms with Crippen LogP contribution in [-0.4, -0.2) is 42.1 Å². The van der Waals surface area contributed by atoms with Gasteiger partial charge in [-0.15, -0.1) is 6.58 Å². The van der Waals surface area contributed by atoms with Gasteiger partial charge >= 0.3 is 6.03 Å². The van der Waals surface area contributed by atoms with Crippen LogP contribution in [0, 0.1) is 11.9 Å². The second-order valence-electron chi connectivity index (χ2n) is 4.91. The maximum Gasteiger partial charge on any atom is 0.319 e. The first kappa shape index (κ1) is 14.5. The summed E-state index contributed by atoms with van der Waals surface area (Å²) in [4.78, 5) is 17.5. The minimum absolute atomic E-state index is 0.291. The van der Waals surface area contributed by atoms with Crippen LogP contribution < -0.4 is 10.6 Å². The number of hydrogen-bond donors (Lipinski definition) is 2. The van der Waals surface area contributed by atoms with E-state index < -0.39 is 5.95 Å². The van der Waals surface area contributed by atoms with Crippen molar-refractivity contribution in [1.82, 2.24) is 15.2 Å². The van der Waals surface area contributed by atoms with Gasteiger partial charge in [0.25, 0.3) is 0 Å². The number of amides is 2. The van der Waals surface area contributed by atoms with Crippen molar-refractivity contribution in [2.45, 2.75) is 6.42 Å². The largest absolute Gasteiger partial charge is 0.338 e. The van der Waals surface area contributed by atoms with E-state index in [-0.39, 0.29) is 6.03 Å². The summed E-state index contributed by atoms with van der Waals surface area (Å²) in [6.07, 6.45) is 4.26. The van der Waals surface area contributed by atoms with Gasteiger partial charge in [0.15, 0.2) is 0 Å². The van der Waals surface area contributed by atoms with Crippen molar-refractivity contribution in [2.75, 3.05) is 31.5 Å². The van der Waals surface area contributed by atoms with E-state index in [1.165, 1.54) is 18.3 Å². The third-order valence-corrected chi connectivity index (χ3v) is 3.29. The second kappa shape index (κ2) is 7.00. The molecule has 1 aliphatic heterocycles. The Kier molecular flexibility index (Phi) is 5.06. The first-order valence-electron chi connectivity index (χ1n) is 6.67. The molecule has 5 nitrogen and oxygen atoms in total. The fraction of sp³-hybridized carbons (Fsp3) is 0.429. The van der Waals surface area contributed by atoms with Crippen molar-refractivity contribution < 1.29 is 9.18 Å². The molecular formula is C14H19FN4O. The topological polar surface area (TPSA) is 57.3 Å². The van der Waals surface area contributed by atoms with E-state index in [4.69, 9.17) is 0 Å². The predicted molar refractivity (Wildman–Crippen MR) is 76.0 cm³/mol. The summed E-state index contributed by atoms with van der Waals surface area (Å²) in [6, 6.07) is 2.39. The lowest BCUT2D eigenvalue weighted by Gasteiger charge is -2.14. The molecule has 2 rings (SSSR count). The lowest BCUT2D eigenvalue weighted by atomic mass is 10.1. The Bertz CT molecular complexity index is 463. The average Bonchev–Trinajstić information content (AvgIpc) is 2.87. The van der Waals surface area contributed by atoms with Crippen molar-refractivity contribution in [3.63, 3.8) is 0 Å². The molecule has 1 aliphatic rings. The summed E-state index contributed by atoms with van der Waals surface area (Å²) < 4.78 is 12.6. The van der Waals surface area contributed by atoms with Gasteiger partial charge in [0.1, 0.15) is 0 Å². The Labute approximate surface area is 117 Å². The molecule has 2 heterocycles. The highest BCUT2D eigenvalue weighted by molar-refractivity contribution is 5.88. The number of urea groups is 1. The number of carbonyl (C=O) groups is 1. The van der Waals surface area contributed by atoms with Crippen LogP contribution in [0.3, 0.4) is 0 Å². The SMILES string of the molecule is C=CCN1CCC(CNC(=O)Nc2ccc(F)nc2)C1. The molecule has 0 aromatic carbocycles. The normalized spacial score (nSPS) is 18.8. The van der Waals surface area contributed by atoms with Crippen molar-refractivity contribution in [3.8, 4) is 0 Å². The van der Waals surface area contributed by atoms with E-state index in [9.17, 15) is 9.18 Å². The van der Waals surface area contributed by atoms with Crippen LogP contribution in [0.2, 0.25) is 0 Å². The fourth-order valence-corrected chi connectivity index (χ4v) is 2.29. The van der Waals surface area contributed by atoms with E-state index in [1.54, 1.807) is 0 Å². The summed E-state index contributed by atoms with van der Waals surface area (Å²) in [7, 11) is 0. The molecule has 0 aliphatic carbocycles. The van der Waals surface area contributed by atoms with Gasteiger partial charge < -0.3 is 10.6 Å². The van der Waals surface area contributed by atoms with Gasteiger partial charge in [0.2, 0.25) is 5.95 Å². The maximum absolute atomic E-state index is 12.6. The number of halogens is 1. The molecule has 1 unspecified atom stereocenters. The average molecular weight is 278 g/mol. The van der Waals surface area contributed by atoms with Crippen LogP contribution in [0.4, 0.5) is 14.9 Å². The quantitative estimate of drug-likeness (QED) is 0.638. The predicted octanol–water partition coefficient (Wildman–Crippen LogP) is 1.85. The molecule has 2 N–H and O–H groups in total. The highest BCUT2D eigenvalue weighted by Crippen LogP contribution is 2.14. The third kappa shape index (κ3) is 4.31. The van der Waals surface area contributed by atoms with Gasteiger partial charge in [-0.3, -0.25) is 4.90 Å². The molecule has 1 aromatic heterocycles. The molecule has 0 radical (unpaired) electrons. The number of rotatable bonds is 5. The molecule has 0 saturated carbocycles. The fourth-order valence-electron chi connectivity index (χ4n) is 2.29. The smallest absolute Gasteiger partial charge is 0.319 e. The zero-order valence-corrected chi connectivity index (χ0v) is 11.3. The Balaban J connectivity index is 1.70. The molecule has 0 bridgehead atoms. The Morgan fingerprint density at radius 1 is 1.60 bits per heavy atom. The minimum Gasteiger partial charge on any atom is -0.338 e. The molecule has 1 aromatic rings. The second-order valence-corrected chi connectivity index (χ2v) is 4.91. The number of carbonyl (C=O) groups excluding carboxylic acids is 1. The van der Waals surface area contributed by atoms with Crippen molar-refractivity contribution >= 4 is 11.7 Å². The first-order chi connectivity index (χ1) is 9.67. The lowest BCUT2D eigenvalue weighted by molar-refractivity contribution is 0.250. The number of nitrogens with one attached hydrogen (secondary N) is 2. The summed E-state index contributed by atoms with van der Waals surface area (Å²) in [5, 5.41) is 5.45. The van der Waals surface area contributed by atoms with E-state index >= 15 is 0 Å². The Hall–Kier alpha value is -1.95. The van der Waals surface area contributed by atoms with Crippen LogP contribution in [0.25, 0.3) is 0 Å². The van der Waals surface area contributed by atoms with Gasteiger partial charge in [0, 0.05) is 19.6 Å². The molecular weight excluding hydrogens is 259 g/mol. The van der Waals surface area contributed by atoms with Gasteiger partial charge in [-0.1, -0.05) is 6.08 Å². The maximum atomic E-state index is 12.6. The van der Waals surface area contributed by atoms with E-state index in [0.717, 1.165) is 26.1 Å².